The molecular formula is C9H14N2. The smallest absolute Gasteiger partial charge is 0.103 e. The number of H-pyrrole nitrogens is 1. The van der Waals surface area contributed by atoms with Gasteiger partial charge in [-0.25, -0.2) is 4.98 Å². The molecule has 0 radical (unpaired) electrons. The van der Waals surface area contributed by atoms with Crippen molar-refractivity contribution in [2.24, 2.45) is 0 Å². The Kier molecular flexibility index (Phi) is 2.47. The zero-order chi connectivity index (χ0) is 8.27. The summed E-state index contributed by atoms with van der Waals surface area (Å²) >= 11 is 0. The third-order valence-corrected chi connectivity index (χ3v) is 1.69. The number of imidazole rings is 1. The maximum Gasteiger partial charge on any atom is 0.103 e. The lowest BCUT2D eigenvalue weighted by atomic mass is 10.2. The fourth-order valence-electron chi connectivity index (χ4n) is 1.14. The van der Waals surface area contributed by atoms with Crippen LogP contribution in [0.5, 0.6) is 0 Å². The fourth-order valence-corrected chi connectivity index (χ4v) is 1.14. The van der Waals surface area contributed by atoms with E-state index in [2.05, 4.69) is 23.5 Å². The summed E-state index contributed by atoms with van der Waals surface area (Å²) in [6.07, 6.45) is 3.92. The van der Waals surface area contributed by atoms with Crippen LogP contribution < -0.4 is 0 Å². The van der Waals surface area contributed by atoms with Crippen LogP contribution >= 0.6 is 0 Å². The minimum atomic E-state index is 1.000. The molecule has 0 fully saturated rings. The molecule has 0 aliphatic rings. The van der Waals surface area contributed by atoms with Gasteiger partial charge in [-0.1, -0.05) is 6.08 Å². The molecule has 0 bridgehead atoms. The van der Waals surface area contributed by atoms with Gasteiger partial charge in [0.05, 0.1) is 5.69 Å². The SMILES string of the molecule is C=CCCc1nc(C)[nH]c1C. The molecular weight excluding hydrogens is 136 g/mol. The number of aromatic nitrogens is 2. The standard InChI is InChI=1S/C9H14N2/c1-4-5-6-9-7(2)10-8(3)11-9/h4H,1,5-6H2,2-3H3,(H,10,11). The van der Waals surface area contributed by atoms with Gasteiger partial charge in [-0.05, 0) is 26.7 Å². The van der Waals surface area contributed by atoms with Crippen LogP contribution in [0, 0.1) is 13.8 Å². The Bertz CT molecular complexity index is 248. The predicted octanol–water partition coefficient (Wildman–Crippen LogP) is 2.15. The fraction of sp³-hybridized carbons (Fsp3) is 0.444. The highest BCUT2D eigenvalue weighted by molar-refractivity contribution is 5.12. The molecule has 0 aromatic carbocycles. The Hall–Kier alpha value is -1.05. The predicted molar refractivity (Wildman–Crippen MR) is 46.6 cm³/mol. The molecule has 0 atom stereocenters. The summed E-state index contributed by atoms with van der Waals surface area (Å²) in [7, 11) is 0. The highest BCUT2D eigenvalue weighted by atomic mass is 14.9. The van der Waals surface area contributed by atoms with Crippen molar-refractivity contribution in [3.63, 3.8) is 0 Å². The van der Waals surface area contributed by atoms with Crippen LogP contribution in [0.3, 0.4) is 0 Å². The summed E-state index contributed by atoms with van der Waals surface area (Å²) in [6, 6.07) is 0. The van der Waals surface area contributed by atoms with Crippen LogP contribution in [0.2, 0.25) is 0 Å². The molecule has 1 aromatic rings. The third-order valence-electron chi connectivity index (χ3n) is 1.69. The van der Waals surface area contributed by atoms with Gasteiger partial charge in [0.25, 0.3) is 0 Å². The van der Waals surface area contributed by atoms with Crippen molar-refractivity contribution in [2.45, 2.75) is 26.7 Å². The number of allylic oxidation sites excluding steroid dienone is 1. The highest BCUT2D eigenvalue weighted by Gasteiger charge is 2.00. The van der Waals surface area contributed by atoms with Gasteiger partial charge in [-0.2, -0.15) is 0 Å². The maximum atomic E-state index is 4.34. The van der Waals surface area contributed by atoms with E-state index in [0.717, 1.165) is 18.7 Å². The first-order chi connectivity index (χ1) is 5.24. The molecule has 11 heavy (non-hydrogen) atoms. The minimum Gasteiger partial charge on any atom is -0.346 e. The van der Waals surface area contributed by atoms with E-state index < -0.39 is 0 Å². The molecule has 60 valence electrons. The Morgan fingerprint density at radius 1 is 1.55 bits per heavy atom. The molecule has 0 aliphatic heterocycles. The van der Waals surface area contributed by atoms with E-state index in [1.54, 1.807) is 0 Å². The van der Waals surface area contributed by atoms with Crippen molar-refractivity contribution in [1.29, 1.82) is 0 Å². The molecule has 0 unspecified atom stereocenters. The molecule has 1 rings (SSSR count). The van der Waals surface area contributed by atoms with Gasteiger partial charge in [0.15, 0.2) is 0 Å². The van der Waals surface area contributed by atoms with E-state index in [-0.39, 0.29) is 0 Å². The van der Waals surface area contributed by atoms with Gasteiger partial charge in [-0.15, -0.1) is 6.58 Å². The number of nitrogens with zero attached hydrogens (tertiary/aromatic N) is 1. The van der Waals surface area contributed by atoms with E-state index in [1.807, 2.05) is 13.0 Å². The van der Waals surface area contributed by atoms with Crippen molar-refractivity contribution in [2.75, 3.05) is 0 Å². The van der Waals surface area contributed by atoms with E-state index in [9.17, 15) is 0 Å². The van der Waals surface area contributed by atoms with Crippen molar-refractivity contribution in [3.8, 4) is 0 Å². The molecule has 0 aliphatic carbocycles. The highest BCUT2D eigenvalue weighted by Crippen LogP contribution is 2.06. The lowest BCUT2D eigenvalue weighted by Crippen LogP contribution is -1.86. The second kappa shape index (κ2) is 3.37. The number of hydrogen-bond acceptors (Lipinski definition) is 1. The summed E-state index contributed by atoms with van der Waals surface area (Å²) < 4.78 is 0. The van der Waals surface area contributed by atoms with E-state index in [0.29, 0.717) is 0 Å². The number of aromatic amines is 1. The minimum absolute atomic E-state index is 1.000. The molecule has 1 heterocycles. The number of nitrogens with one attached hydrogen (secondary N) is 1. The number of rotatable bonds is 3. The van der Waals surface area contributed by atoms with Crippen LogP contribution in [0.1, 0.15) is 23.6 Å². The second-order valence-corrected chi connectivity index (χ2v) is 2.72. The van der Waals surface area contributed by atoms with Crippen LogP contribution in [0.25, 0.3) is 0 Å². The molecule has 1 aromatic heterocycles. The Morgan fingerprint density at radius 2 is 2.27 bits per heavy atom. The topological polar surface area (TPSA) is 28.7 Å². The molecule has 2 nitrogen and oxygen atoms in total. The van der Waals surface area contributed by atoms with E-state index >= 15 is 0 Å². The third kappa shape index (κ3) is 1.93. The molecule has 0 spiro atoms. The summed E-state index contributed by atoms with van der Waals surface area (Å²) in [5.74, 6) is 1.00. The number of hydrogen-bond donors (Lipinski definition) is 1. The largest absolute Gasteiger partial charge is 0.346 e. The monoisotopic (exact) mass is 150 g/mol. The molecule has 0 amide bonds. The summed E-state index contributed by atoms with van der Waals surface area (Å²) in [5, 5.41) is 0. The Balaban J connectivity index is 2.69. The summed E-state index contributed by atoms with van der Waals surface area (Å²) in [4.78, 5) is 7.52. The van der Waals surface area contributed by atoms with Crippen LogP contribution in [-0.4, -0.2) is 9.97 Å². The molecule has 0 saturated heterocycles. The summed E-state index contributed by atoms with van der Waals surface area (Å²) in [6.45, 7) is 7.70. The Labute approximate surface area is 67.4 Å². The lowest BCUT2D eigenvalue weighted by Gasteiger charge is -1.91. The average molecular weight is 150 g/mol. The Morgan fingerprint density at radius 3 is 2.73 bits per heavy atom. The van der Waals surface area contributed by atoms with Gasteiger partial charge in [-0.3, -0.25) is 0 Å². The van der Waals surface area contributed by atoms with Gasteiger partial charge in [0.1, 0.15) is 5.82 Å². The van der Waals surface area contributed by atoms with Crippen LogP contribution in [0.4, 0.5) is 0 Å². The second-order valence-electron chi connectivity index (χ2n) is 2.72. The van der Waals surface area contributed by atoms with Gasteiger partial charge < -0.3 is 4.98 Å². The van der Waals surface area contributed by atoms with Gasteiger partial charge in [0.2, 0.25) is 0 Å². The van der Waals surface area contributed by atoms with Gasteiger partial charge in [0, 0.05) is 5.69 Å². The average Bonchev–Trinajstić information content (AvgIpc) is 2.26. The first kappa shape index (κ1) is 8.05. The molecule has 0 saturated carbocycles. The zero-order valence-corrected chi connectivity index (χ0v) is 7.15. The zero-order valence-electron chi connectivity index (χ0n) is 7.15. The molecule has 2 heteroatoms. The quantitative estimate of drug-likeness (QED) is 0.657. The first-order valence-corrected chi connectivity index (χ1v) is 3.87. The summed E-state index contributed by atoms with van der Waals surface area (Å²) in [5.41, 5.74) is 2.35. The normalized spacial score (nSPS) is 10.0. The van der Waals surface area contributed by atoms with Crippen molar-refractivity contribution in [1.82, 2.24) is 9.97 Å². The van der Waals surface area contributed by atoms with Crippen LogP contribution in [-0.2, 0) is 6.42 Å². The van der Waals surface area contributed by atoms with Gasteiger partial charge >= 0.3 is 0 Å². The number of aryl methyl sites for hydroxylation is 3. The maximum absolute atomic E-state index is 4.34. The van der Waals surface area contributed by atoms with Crippen molar-refractivity contribution < 1.29 is 0 Å². The van der Waals surface area contributed by atoms with Crippen molar-refractivity contribution >= 4 is 0 Å². The lowest BCUT2D eigenvalue weighted by molar-refractivity contribution is 0.941. The van der Waals surface area contributed by atoms with Crippen LogP contribution in [0.15, 0.2) is 12.7 Å². The first-order valence-electron chi connectivity index (χ1n) is 3.87. The van der Waals surface area contributed by atoms with E-state index in [4.69, 9.17) is 0 Å². The van der Waals surface area contributed by atoms with Crippen molar-refractivity contribution in [3.05, 3.63) is 29.9 Å². The van der Waals surface area contributed by atoms with E-state index in [1.165, 1.54) is 11.4 Å². The molecule has 1 N–H and O–H groups in total.